The highest BCUT2D eigenvalue weighted by Gasteiger charge is 2.17. The molecule has 0 aromatic carbocycles. The van der Waals surface area contributed by atoms with Crippen LogP contribution in [0.15, 0.2) is 16.6 Å². The van der Waals surface area contributed by atoms with E-state index in [1.165, 1.54) is 11.4 Å². The van der Waals surface area contributed by atoms with Crippen molar-refractivity contribution in [2.75, 3.05) is 0 Å². The summed E-state index contributed by atoms with van der Waals surface area (Å²) in [5.41, 5.74) is 5.04. The summed E-state index contributed by atoms with van der Waals surface area (Å²) < 4.78 is 0. The summed E-state index contributed by atoms with van der Waals surface area (Å²) >= 11 is 1.05. The predicted molar refractivity (Wildman–Crippen MR) is 43.5 cm³/mol. The van der Waals surface area contributed by atoms with Crippen molar-refractivity contribution in [1.82, 2.24) is 0 Å². The second kappa shape index (κ2) is 3.18. The summed E-state index contributed by atoms with van der Waals surface area (Å²) in [7, 11) is 0. The first-order valence-electron chi connectivity index (χ1n) is 2.86. The van der Waals surface area contributed by atoms with E-state index in [2.05, 4.69) is 5.16 Å². The van der Waals surface area contributed by atoms with Crippen molar-refractivity contribution in [3.8, 4) is 0 Å². The van der Waals surface area contributed by atoms with Gasteiger partial charge in [-0.15, -0.1) is 11.3 Å². The number of nitro groups is 1. The van der Waals surface area contributed by atoms with Crippen molar-refractivity contribution in [1.29, 1.82) is 0 Å². The minimum Gasteiger partial charge on any atom is -0.409 e. The average molecular weight is 187 g/mol. The molecule has 3 N–H and O–H groups in total. The molecule has 0 aliphatic rings. The highest BCUT2D eigenvalue weighted by Crippen LogP contribution is 2.23. The van der Waals surface area contributed by atoms with Crippen LogP contribution in [0.25, 0.3) is 0 Å². The highest BCUT2D eigenvalue weighted by atomic mass is 32.1. The molecule has 0 bridgehead atoms. The van der Waals surface area contributed by atoms with E-state index < -0.39 is 4.92 Å². The first kappa shape index (κ1) is 8.47. The zero-order valence-corrected chi connectivity index (χ0v) is 6.61. The number of thiophene rings is 1. The van der Waals surface area contributed by atoms with Crippen LogP contribution < -0.4 is 5.73 Å². The fourth-order valence-corrected chi connectivity index (χ4v) is 1.44. The van der Waals surface area contributed by atoms with Gasteiger partial charge in [-0.1, -0.05) is 5.16 Å². The molecule has 0 aliphatic heterocycles. The summed E-state index contributed by atoms with van der Waals surface area (Å²) in [5.74, 6) is -0.239. The molecule has 0 spiro atoms. The number of nitrogens with two attached hydrogens (primary N) is 1. The highest BCUT2D eigenvalue weighted by molar-refractivity contribution is 7.12. The minimum absolute atomic E-state index is 0.143. The van der Waals surface area contributed by atoms with Crippen molar-refractivity contribution in [3.05, 3.63) is 26.4 Å². The molecule has 6 nitrogen and oxygen atoms in total. The summed E-state index contributed by atoms with van der Waals surface area (Å²) in [6.45, 7) is 0. The normalized spacial score (nSPS) is 11.5. The molecular formula is C5H5N3O3S. The Kier molecular flexibility index (Phi) is 2.24. The van der Waals surface area contributed by atoms with E-state index in [-0.39, 0.29) is 16.4 Å². The molecule has 0 aliphatic carbocycles. The Morgan fingerprint density at radius 2 is 2.50 bits per heavy atom. The zero-order valence-electron chi connectivity index (χ0n) is 5.80. The van der Waals surface area contributed by atoms with Crippen LogP contribution in [0, 0.1) is 10.1 Å². The molecule has 1 rings (SSSR count). The van der Waals surface area contributed by atoms with Crippen molar-refractivity contribution in [2.45, 2.75) is 0 Å². The van der Waals surface area contributed by atoms with Gasteiger partial charge in [0.15, 0.2) is 10.7 Å². The Morgan fingerprint density at radius 3 is 3.00 bits per heavy atom. The molecule has 0 saturated carbocycles. The maximum atomic E-state index is 10.3. The smallest absolute Gasteiger partial charge is 0.291 e. The molecule has 1 heterocycles. The van der Waals surface area contributed by atoms with E-state index in [4.69, 9.17) is 10.9 Å². The number of oxime groups is 1. The van der Waals surface area contributed by atoms with Crippen LogP contribution in [0.3, 0.4) is 0 Å². The largest absolute Gasteiger partial charge is 0.409 e. The number of amidine groups is 1. The van der Waals surface area contributed by atoms with Gasteiger partial charge >= 0.3 is 0 Å². The molecule has 0 amide bonds. The van der Waals surface area contributed by atoms with Crippen molar-refractivity contribution in [3.63, 3.8) is 0 Å². The van der Waals surface area contributed by atoms with E-state index in [1.807, 2.05) is 0 Å². The third kappa shape index (κ3) is 1.35. The van der Waals surface area contributed by atoms with Gasteiger partial charge in [0.2, 0.25) is 0 Å². The zero-order chi connectivity index (χ0) is 9.14. The number of rotatable bonds is 2. The van der Waals surface area contributed by atoms with Gasteiger partial charge < -0.3 is 10.9 Å². The Labute approximate surface area is 71.1 Å². The van der Waals surface area contributed by atoms with Crippen LogP contribution in [-0.4, -0.2) is 16.0 Å². The number of nitrogens with zero attached hydrogens (tertiary/aromatic N) is 2. The van der Waals surface area contributed by atoms with Crippen LogP contribution in [0.2, 0.25) is 0 Å². The third-order valence-electron chi connectivity index (χ3n) is 1.18. The molecular weight excluding hydrogens is 182 g/mol. The Bertz CT molecular complexity index is 332. The van der Waals surface area contributed by atoms with E-state index >= 15 is 0 Å². The summed E-state index contributed by atoms with van der Waals surface area (Å²) in [4.78, 5) is 9.91. The lowest BCUT2D eigenvalue weighted by Gasteiger charge is -1.91. The van der Waals surface area contributed by atoms with Crippen molar-refractivity contribution < 1.29 is 10.1 Å². The molecule has 1 aromatic heterocycles. The average Bonchev–Trinajstić information content (AvgIpc) is 2.50. The number of hydrogen-bond donors (Lipinski definition) is 2. The fourth-order valence-electron chi connectivity index (χ4n) is 0.683. The fraction of sp³-hybridized carbons (Fsp3) is 0. The van der Waals surface area contributed by atoms with Gasteiger partial charge in [-0.3, -0.25) is 10.1 Å². The Hall–Kier alpha value is -1.63. The first-order chi connectivity index (χ1) is 5.66. The van der Waals surface area contributed by atoms with Gasteiger partial charge in [-0.25, -0.2) is 0 Å². The van der Waals surface area contributed by atoms with Crippen LogP contribution in [0.5, 0.6) is 0 Å². The molecule has 7 heteroatoms. The SMILES string of the molecule is N/C(=N\O)c1sccc1[N+](=O)[O-]. The second-order valence-corrected chi connectivity index (χ2v) is 2.79. The molecule has 0 radical (unpaired) electrons. The lowest BCUT2D eigenvalue weighted by atomic mass is 10.4. The van der Waals surface area contributed by atoms with Gasteiger partial charge in [-0.2, -0.15) is 0 Å². The van der Waals surface area contributed by atoms with E-state index in [0.717, 1.165) is 11.3 Å². The summed E-state index contributed by atoms with van der Waals surface area (Å²) in [6, 6.07) is 1.30. The lowest BCUT2D eigenvalue weighted by molar-refractivity contribution is -0.384. The van der Waals surface area contributed by atoms with Gasteiger partial charge in [0.25, 0.3) is 5.69 Å². The second-order valence-electron chi connectivity index (χ2n) is 1.88. The summed E-state index contributed by atoms with van der Waals surface area (Å²) in [5, 5.41) is 22.8. The molecule has 64 valence electrons. The standard InChI is InChI=1S/C5H5N3O3S/c6-5(7-9)4-3(8(10)11)1-2-12-4/h1-2,9H,(H2,6,7). The van der Waals surface area contributed by atoms with Crippen molar-refractivity contribution in [2.24, 2.45) is 10.9 Å². The first-order valence-corrected chi connectivity index (χ1v) is 3.74. The molecule has 1 aromatic rings. The van der Waals surface area contributed by atoms with E-state index in [0.29, 0.717) is 0 Å². The quantitative estimate of drug-likeness (QED) is 0.234. The topological polar surface area (TPSA) is 102 Å². The summed E-state index contributed by atoms with van der Waals surface area (Å²) in [6.07, 6.45) is 0. The molecule has 12 heavy (non-hydrogen) atoms. The molecule has 0 atom stereocenters. The molecule has 0 saturated heterocycles. The van der Waals surface area contributed by atoms with Gasteiger partial charge in [-0.05, 0) is 5.38 Å². The minimum atomic E-state index is -0.579. The number of hydrogen-bond acceptors (Lipinski definition) is 5. The maximum Gasteiger partial charge on any atom is 0.291 e. The Morgan fingerprint density at radius 1 is 1.83 bits per heavy atom. The van der Waals surface area contributed by atoms with Crippen LogP contribution in [-0.2, 0) is 0 Å². The van der Waals surface area contributed by atoms with E-state index in [9.17, 15) is 10.1 Å². The third-order valence-corrected chi connectivity index (χ3v) is 2.11. The Balaban J connectivity index is 3.16. The van der Waals surface area contributed by atoms with Gasteiger partial charge in [0.05, 0.1) is 4.92 Å². The lowest BCUT2D eigenvalue weighted by Crippen LogP contribution is -2.12. The van der Waals surface area contributed by atoms with Crippen LogP contribution in [0.1, 0.15) is 4.88 Å². The van der Waals surface area contributed by atoms with Crippen LogP contribution >= 0.6 is 11.3 Å². The van der Waals surface area contributed by atoms with E-state index in [1.54, 1.807) is 0 Å². The van der Waals surface area contributed by atoms with Crippen LogP contribution in [0.4, 0.5) is 5.69 Å². The monoisotopic (exact) mass is 187 g/mol. The molecule has 0 unspecified atom stereocenters. The van der Waals surface area contributed by atoms with Gasteiger partial charge in [0, 0.05) is 6.07 Å². The van der Waals surface area contributed by atoms with Gasteiger partial charge in [0.1, 0.15) is 0 Å². The molecule has 0 fully saturated rings. The predicted octanol–water partition coefficient (Wildman–Crippen LogP) is 0.751. The van der Waals surface area contributed by atoms with Crippen molar-refractivity contribution >= 4 is 22.9 Å². The maximum absolute atomic E-state index is 10.3.